The van der Waals surface area contributed by atoms with Gasteiger partial charge in [-0.1, -0.05) is 0 Å². The quantitative estimate of drug-likeness (QED) is 0.326. The molecule has 30 heavy (non-hydrogen) atoms. The molecule has 0 aliphatic carbocycles. The lowest BCUT2D eigenvalue weighted by molar-refractivity contribution is -0.384. The second kappa shape index (κ2) is 9.01. The Labute approximate surface area is 179 Å². The Balaban J connectivity index is 1.71. The second-order valence-electron chi connectivity index (χ2n) is 6.12. The molecule has 1 amide bonds. The van der Waals surface area contributed by atoms with E-state index in [9.17, 15) is 19.7 Å². The molecule has 1 unspecified atom stereocenters. The monoisotopic (exact) mass is 447 g/mol. The number of amides is 1. The number of carbonyl (C=O) groups is 2. The van der Waals surface area contributed by atoms with Crippen molar-refractivity contribution in [3.8, 4) is 16.3 Å². The van der Waals surface area contributed by atoms with Crippen molar-refractivity contribution < 1.29 is 24.0 Å². The van der Waals surface area contributed by atoms with Gasteiger partial charge >= 0.3 is 5.97 Å². The molecule has 3 rings (SSSR count). The zero-order valence-electron chi connectivity index (χ0n) is 16.2. The van der Waals surface area contributed by atoms with E-state index < -0.39 is 22.9 Å². The summed E-state index contributed by atoms with van der Waals surface area (Å²) in [5, 5.41) is 18.0. The molecule has 0 fully saturated rings. The number of thiophene rings is 1. The van der Waals surface area contributed by atoms with Crippen LogP contribution in [-0.4, -0.2) is 35.0 Å². The average molecular weight is 447 g/mol. The van der Waals surface area contributed by atoms with E-state index in [0.29, 0.717) is 15.6 Å². The van der Waals surface area contributed by atoms with Crippen LogP contribution < -0.4 is 10.1 Å². The minimum absolute atomic E-state index is 0.105. The van der Waals surface area contributed by atoms with Gasteiger partial charge in [0, 0.05) is 23.1 Å². The first-order chi connectivity index (χ1) is 14.3. The van der Waals surface area contributed by atoms with E-state index in [1.807, 2.05) is 16.8 Å². The highest BCUT2D eigenvalue weighted by Crippen LogP contribution is 2.31. The number of aryl methyl sites for hydroxylation is 1. The maximum atomic E-state index is 12.5. The van der Waals surface area contributed by atoms with Gasteiger partial charge in [-0.05, 0) is 31.4 Å². The molecule has 0 spiro atoms. The first-order valence-corrected chi connectivity index (χ1v) is 10.4. The fraction of sp³-hybridized carbons (Fsp3) is 0.211. The molecule has 11 heteroatoms. The summed E-state index contributed by atoms with van der Waals surface area (Å²) in [5.74, 6) is -1.08. The molecule has 1 N–H and O–H groups in total. The summed E-state index contributed by atoms with van der Waals surface area (Å²) in [5.41, 5.74) is 1.32. The van der Waals surface area contributed by atoms with Gasteiger partial charge in [-0.3, -0.25) is 14.9 Å². The van der Waals surface area contributed by atoms with Crippen LogP contribution in [0.3, 0.4) is 0 Å². The highest BCUT2D eigenvalue weighted by molar-refractivity contribution is 7.17. The molecule has 2 aromatic heterocycles. The van der Waals surface area contributed by atoms with Gasteiger partial charge in [0.2, 0.25) is 0 Å². The number of ether oxygens (including phenoxy) is 2. The lowest BCUT2D eigenvalue weighted by atomic mass is 10.2. The molecule has 1 aromatic carbocycles. The Morgan fingerprint density at radius 3 is 2.70 bits per heavy atom. The average Bonchev–Trinajstić information content (AvgIpc) is 3.37. The number of hydrogen-bond acceptors (Lipinski definition) is 9. The summed E-state index contributed by atoms with van der Waals surface area (Å²) in [7, 11) is 1.37. The van der Waals surface area contributed by atoms with Crippen molar-refractivity contribution in [2.45, 2.75) is 20.0 Å². The summed E-state index contributed by atoms with van der Waals surface area (Å²) >= 11 is 2.71. The normalized spacial score (nSPS) is 11.6. The summed E-state index contributed by atoms with van der Waals surface area (Å²) in [6.07, 6.45) is -1.15. The zero-order valence-corrected chi connectivity index (χ0v) is 17.8. The highest BCUT2D eigenvalue weighted by atomic mass is 32.1. The van der Waals surface area contributed by atoms with Crippen LogP contribution in [0.2, 0.25) is 0 Å². The first-order valence-electron chi connectivity index (χ1n) is 8.64. The molecule has 0 saturated carbocycles. The number of anilines is 1. The third-order valence-electron chi connectivity index (χ3n) is 4.05. The van der Waals surface area contributed by atoms with Gasteiger partial charge in [-0.15, -0.1) is 11.3 Å². The molecule has 0 aliphatic rings. The Hall–Kier alpha value is -3.31. The molecule has 0 saturated heterocycles. The third-order valence-corrected chi connectivity index (χ3v) is 5.92. The Bertz CT molecular complexity index is 1090. The number of benzene rings is 1. The van der Waals surface area contributed by atoms with Gasteiger partial charge in [0.25, 0.3) is 11.6 Å². The fourth-order valence-corrected chi connectivity index (χ4v) is 4.17. The van der Waals surface area contributed by atoms with Crippen LogP contribution in [0.1, 0.15) is 22.3 Å². The second-order valence-corrected chi connectivity index (χ2v) is 7.90. The van der Waals surface area contributed by atoms with Gasteiger partial charge in [-0.2, -0.15) is 11.3 Å². The third kappa shape index (κ3) is 4.63. The maximum absolute atomic E-state index is 12.5. The van der Waals surface area contributed by atoms with Crippen LogP contribution in [0, 0.1) is 17.0 Å². The van der Waals surface area contributed by atoms with Crippen molar-refractivity contribution in [1.29, 1.82) is 0 Å². The number of non-ortho nitro benzene ring substituents is 1. The molecule has 0 radical (unpaired) electrons. The van der Waals surface area contributed by atoms with Crippen LogP contribution in [-0.2, 0) is 9.53 Å². The number of esters is 1. The Morgan fingerprint density at radius 1 is 1.30 bits per heavy atom. The van der Waals surface area contributed by atoms with Crippen molar-refractivity contribution >= 4 is 45.9 Å². The van der Waals surface area contributed by atoms with E-state index in [2.05, 4.69) is 10.3 Å². The topological polar surface area (TPSA) is 121 Å². The standard InChI is InChI=1S/C19H17N3O6S2/c1-10-16(30-18(20-10)12-6-7-29-9-12)19(24)28-11(2)17(23)21-14-8-13(22(25)26)4-5-15(14)27-3/h4-9,11H,1-3H3,(H,21,23). The Morgan fingerprint density at radius 2 is 2.07 bits per heavy atom. The minimum atomic E-state index is -1.15. The summed E-state index contributed by atoms with van der Waals surface area (Å²) < 4.78 is 10.4. The number of hydrogen-bond donors (Lipinski definition) is 1. The number of thiazole rings is 1. The smallest absolute Gasteiger partial charge is 0.351 e. The molecule has 2 heterocycles. The van der Waals surface area contributed by atoms with E-state index in [1.54, 1.807) is 6.92 Å². The van der Waals surface area contributed by atoms with Crippen LogP contribution in [0.5, 0.6) is 5.75 Å². The van der Waals surface area contributed by atoms with Crippen LogP contribution in [0.4, 0.5) is 11.4 Å². The number of aromatic nitrogens is 1. The number of nitrogens with one attached hydrogen (secondary N) is 1. The van der Waals surface area contributed by atoms with Crippen LogP contribution in [0.15, 0.2) is 35.0 Å². The van der Waals surface area contributed by atoms with E-state index in [4.69, 9.17) is 9.47 Å². The van der Waals surface area contributed by atoms with Crippen molar-refractivity contribution in [2.24, 2.45) is 0 Å². The Kier molecular flexibility index (Phi) is 6.43. The highest BCUT2D eigenvalue weighted by Gasteiger charge is 2.24. The molecule has 0 bridgehead atoms. The summed E-state index contributed by atoms with van der Waals surface area (Å²) in [6.45, 7) is 3.11. The molecule has 1 atom stereocenters. The van der Waals surface area contributed by atoms with Crippen molar-refractivity contribution in [1.82, 2.24) is 4.98 Å². The van der Waals surface area contributed by atoms with Gasteiger partial charge < -0.3 is 14.8 Å². The molecular formula is C19H17N3O6S2. The summed E-state index contributed by atoms with van der Waals surface area (Å²) in [4.78, 5) is 40.1. The number of nitro groups is 1. The molecule has 0 aliphatic heterocycles. The van der Waals surface area contributed by atoms with E-state index in [1.165, 1.54) is 54.9 Å². The van der Waals surface area contributed by atoms with Gasteiger partial charge in [0.05, 0.1) is 23.4 Å². The fourth-order valence-electron chi connectivity index (χ4n) is 2.50. The zero-order chi connectivity index (χ0) is 21.8. The van der Waals surface area contributed by atoms with Crippen molar-refractivity contribution in [3.05, 3.63) is 55.7 Å². The number of nitrogens with zero attached hydrogens (tertiary/aromatic N) is 2. The lowest BCUT2D eigenvalue weighted by Gasteiger charge is -2.14. The predicted molar refractivity (Wildman–Crippen MR) is 113 cm³/mol. The maximum Gasteiger partial charge on any atom is 0.351 e. The van der Waals surface area contributed by atoms with Crippen LogP contribution in [0.25, 0.3) is 10.6 Å². The minimum Gasteiger partial charge on any atom is -0.495 e. The van der Waals surface area contributed by atoms with Gasteiger partial charge in [-0.25, -0.2) is 9.78 Å². The number of nitro benzene ring substituents is 1. The van der Waals surface area contributed by atoms with Crippen LogP contribution >= 0.6 is 22.7 Å². The predicted octanol–water partition coefficient (Wildman–Crippen LogP) is 4.28. The van der Waals surface area contributed by atoms with Gasteiger partial charge in [0.15, 0.2) is 6.10 Å². The number of methoxy groups -OCH3 is 1. The largest absolute Gasteiger partial charge is 0.495 e. The van der Waals surface area contributed by atoms with Crippen molar-refractivity contribution in [2.75, 3.05) is 12.4 Å². The van der Waals surface area contributed by atoms with E-state index in [0.717, 1.165) is 5.56 Å². The molecule has 156 valence electrons. The first kappa shape index (κ1) is 21.4. The molecule has 9 nitrogen and oxygen atoms in total. The van der Waals surface area contributed by atoms with E-state index >= 15 is 0 Å². The molecular weight excluding hydrogens is 430 g/mol. The molecule has 3 aromatic rings. The van der Waals surface area contributed by atoms with Gasteiger partial charge in [0.1, 0.15) is 15.6 Å². The summed E-state index contributed by atoms with van der Waals surface area (Å²) in [6, 6.07) is 5.71. The van der Waals surface area contributed by atoms with E-state index in [-0.39, 0.29) is 17.1 Å². The van der Waals surface area contributed by atoms with Crippen molar-refractivity contribution in [3.63, 3.8) is 0 Å². The number of carbonyl (C=O) groups excluding carboxylic acids is 2. The lowest BCUT2D eigenvalue weighted by Crippen LogP contribution is -2.30. The SMILES string of the molecule is COc1ccc([N+](=O)[O-])cc1NC(=O)C(C)OC(=O)c1sc(-c2ccsc2)nc1C. The number of rotatable bonds is 7.